The molecule has 2 atom stereocenters. The number of carbonyl (C=O) groups excluding carboxylic acids is 1. The first-order valence-corrected chi connectivity index (χ1v) is 7.58. The molecule has 0 aliphatic carbocycles. The highest BCUT2D eigenvalue weighted by atomic mass is 19.1. The zero-order valence-electron chi connectivity index (χ0n) is 12.3. The van der Waals surface area contributed by atoms with Gasteiger partial charge in [0, 0.05) is 25.7 Å². The molecule has 3 rings (SSSR count). The lowest BCUT2D eigenvalue weighted by Gasteiger charge is -2.41. The number of fused-ring (bicyclic) bond motifs is 1. The molecule has 5 heteroatoms. The molecule has 2 fully saturated rings. The molecule has 0 aromatic heterocycles. The highest BCUT2D eigenvalue weighted by Gasteiger charge is 2.39. The smallest absolute Gasteiger partial charge is 0.239 e. The van der Waals surface area contributed by atoms with Gasteiger partial charge in [-0.05, 0) is 44.0 Å². The second-order valence-electron chi connectivity index (χ2n) is 5.80. The summed E-state index contributed by atoms with van der Waals surface area (Å²) >= 11 is 0. The Morgan fingerprint density at radius 3 is 2.86 bits per heavy atom. The fourth-order valence-electron chi connectivity index (χ4n) is 3.24. The normalized spacial score (nSPS) is 26.0. The van der Waals surface area contributed by atoms with Crippen molar-refractivity contribution < 1.29 is 13.9 Å². The zero-order chi connectivity index (χ0) is 14.8. The van der Waals surface area contributed by atoms with Crippen LogP contribution < -0.4 is 4.74 Å². The Morgan fingerprint density at radius 1 is 1.33 bits per heavy atom. The number of ether oxygens (including phenoxy) is 1. The minimum absolute atomic E-state index is 0.0730. The van der Waals surface area contributed by atoms with Crippen molar-refractivity contribution in [2.45, 2.75) is 31.8 Å². The quantitative estimate of drug-likeness (QED) is 0.850. The van der Waals surface area contributed by atoms with Crippen LogP contribution >= 0.6 is 0 Å². The molecule has 2 saturated heterocycles. The van der Waals surface area contributed by atoms with Gasteiger partial charge in [0.05, 0.1) is 6.04 Å². The maximum absolute atomic E-state index is 12.8. The van der Waals surface area contributed by atoms with E-state index in [-0.39, 0.29) is 17.8 Å². The predicted octanol–water partition coefficient (Wildman–Crippen LogP) is 1.90. The first-order chi connectivity index (χ1) is 10.1. The third-order valence-corrected chi connectivity index (χ3v) is 4.47. The minimum Gasteiger partial charge on any atom is -0.492 e. The predicted molar refractivity (Wildman–Crippen MR) is 77.7 cm³/mol. The van der Waals surface area contributed by atoms with Crippen LogP contribution in [0.1, 0.15) is 19.8 Å². The molecule has 1 aromatic rings. The summed E-state index contributed by atoms with van der Waals surface area (Å²) in [4.78, 5) is 16.5. The van der Waals surface area contributed by atoms with Gasteiger partial charge in [-0.25, -0.2) is 4.39 Å². The molecule has 1 amide bonds. The van der Waals surface area contributed by atoms with Crippen molar-refractivity contribution >= 4 is 5.91 Å². The largest absolute Gasteiger partial charge is 0.492 e. The second kappa shape index (κ2) is 6.02. The molecule has 4 nitrogen and oxygen atoms in total. The molecule has 2 heterocycles. The summed E-state index contributed by atoms with van der Waals surface area (Å²) < 4.78 is 18.4. The Balaban J connectivity index is 1.52. The fourth-order valence-corrected chi connectivity index (χ4v) is 3.24. The monoisotopic (exact) mass is 292 g/mol. The maximum Gasteiger partial charge on any atom is 0.239 e. The van der Waals surface area contributed by atoms with Crippen molar-refractivity contribution in [3.05, 3.63) is 30.1 Å². The summed E-state index contributed by atoms with van der Waals surface area (Å²) in [6.07, 6.45) is 2.22. The van der Waals surface area contributed by atoms with Gasteiger partial charge in [-0.3, -0.25) is 9.69 Å². The van der Waals surface area contributed by atoms with Gasteiger partial charge in [0.1, 0.15) is 18.2 Å². The van der Waals surface area contributed by atoms with Crippen LogP contribution in [0.5, 0.6) is 5.75 Å². The summed E-state index contributed by atoms with van der Waals surface area (Å²) in [6.45, 7) is 5.03. The van der Waals surface area contributed by atoms with Crippen molar-refractivity contribution in [2.75, 3.05) is 26.2 Å². The van der Waals surface area contributed by atoms with E-state index < -0.39 is 0 Å². The van der Waals surface area contributed by atoms with Crippen LogP contribution in [0.2, 0.25) is 0 Å². The molecular formula is C16H21FN2O2. The van der Waals surface area contributed by atoms with Crippen LogP contribution in [0.4, 0.5) is 4.39 Å². The highest BCUT2D eigenvalue weighted by Crippen LogP contribution is 2.25. The van der Waals surface area contributed by atoms with E-state index in [1.54, 1.807) is 12.1 Å². The van der Waals surface area contributed by atoms with Gasteiger partial charge in [-0.1, -0.05) is 0 Å². The van der Waals surface area contributed by atoms with Crippen LogP contribution in [0.25, 0.3) is 0 Å². The maximum atomic E-state index is 12.8. The molecule has 1 aromatic carbocycles. The SMILES string of the molecule is C[C@H]1C(=O)N2CCC[C@H]2CN1CCOc1ccc(F)cc1. The van der Waals surface area contributed by atoms with E-state index in [9.17, 15) is 9.18 Å². The number of carbonyl (C=O) groups is 1. The zero-order valence-corrected chi connectivity index (χ0v) is 12.3. The summed E-state index contributed by atoms with van der Waals surface area (Å²) in [5.41, 5.74) is 0. The molecule has 0 spiro atoms. The lowest BCUT2D eigenvalue weighted by atomic mass is 10.1. The van der Waals surface area contributed by atoms with Crippen molar-refractivity contribution in [2.24, 2.45) is 0 Å². The summed E-state index contributed by atoms with van der Waals surface area (Å²) in [6, 6.07) is 6.32. The number of nitrogens with zero attached hydrogens (tertiary/aromatic N) is 2. The molecule has 21 heavy (non-hydrogen) atoms. The molecule has 0 radical (unpaired) electrons. The molecule has 0 bridgehead atoms. The van der Waals surface area contributed by atoms with Crippen molar-refractivity contribution in [3.63, 3.8) is 0 Å². The number of piperazine rings is 1. The molecule has 0 saturated carbocycles. The standard InChI is InChI=1S/C16H21FN2O2/c1-12-16(20)19-8-2-3-14(19)11-18(12)9-10-21-15-6-4-13(17)5-7-15/h4-7,12,14H,2-3,8-11H2,1H3/t12-,14-/m0/s1. The molecule has 0 N–H and O–H groups in total. The molecule has 114 valence electrons. The minimum atomic E-state index is -0.265. The molecule has 2 aliphatic heterocycles. The van der Waals surface area contributed by atoms with Crippen LogP contribution in [0, 0.1) is 5.82 Å². The van der Waals surface area contributed by atoms with Crippen molar-refractivity contribution in [1.29, 1.82) is 0 Å². The number of hydrogen-bond donors (Lipinski definition) is 0. The molecule has 2 aliphatic rings. The van der Waals surface area contributed by atoms with E-state index in [0.29, 0.717) is 24.9 Å². The average molecular weight is 292 g/mol. The number of rotatable bonds is 4. The first-order valence-electron chi connectivity index (χ1n) is 7.58. The number of amides is 1. The van der Waals surface area contributed by atoms with Crippen LogP contribution in [0.15, 0.2) is 24.3 Å². The number of halogens is 1. The highest BCUT2D eigenvalue weighted by molar-refractivity contribution is 5.83. The van der Waals surface area contributed by atoms with Crippen LogP contribution in [-0.4, -0.2) is 54.0 Å². The van der Waals surface area contributed by atoms with Crippen molar-refractivity contribution in [1.82, 2.24) is 9.80 Å². The van der Waals surface area contributed by atoms with Gasteiger partial charge in [-0.15, -0.1) is 0 Å². The van der Waals surface area contributed by atoms with Gasteiger partial charge < -0.3 is 9.64 Å². The van der Waals surface area contributed by atoms with Gasteiger partial charge in [-0.2, -0.15) is 0 Å². The Bertz CT molecular complexity index is 506. The van der Waals surface area contributed by atoms with Crippen LogP contribution in [-0.2, 0) is 4.79 Å². The van der Waals surface area contributed by atoms with Crippen LogP contribution in [0.3, 0.4) is 0 Å². The van der Waals surface area contributed by atoms with E-state index in [2.05, 4.69) is 4.90 Å². The Labute approximate surface area is 124 Å². The Kier molecular flexibility index (Phi) is 4.10. The fraction of sp³-hybridized carbons (Fsp3) is 0.562. The summed E-state index contributed by atoms with van der Waals surface area (Å²) in [7, 11) is 0. The van der Waals surface area contributed by atoms with E-state index in [1.807, 2.05) is 11.8 Å². The number of hydrogen-bond acceptors (Lipinski definition) is 3. The van der Waals surface area contributed by atoms with Gasteiger partial charge in [0.2, 0.25) is 5.91 Å². The summed E-state index contributed by atoms with van der Waals surface area (Å²) in [5.74, 6) is 0.638. The second-order valence-corrected chi connectivity index (χ2v) is 5.80. The van der Waals surface area contributed by atoms with E-state index in [0.717, 1.165) is 25.9 Å². The third kappa shape index (κ3) is 3.02. The van der Waals surface area contributed by atoms with E-state index >= 15 is 0 Å². The first kappa shape index (κ1) is 14.3. The van der Waals surface area contributed by atoms with Gasteiger partial charge in [0.15, 0.2) is 0 Å². The van der Waals surface area contributed by atoms with Gasteiger partial charge >= 0.3 is 0 Å². The third-order valence-electron chi connectivity index (χ3n) is 4.47. The van der Waals surface area contributed by atoms with E-state index in [4.69, 9.17) is 4.74 Å². The topological polar surface area (TPSA) is 32.8 Å². The van der Waals surface area contributed by atoms with Gasteiger partial charge in [0.25, 0.3) is 0 Å². The Hall–Kier alpha value is -1.62. The lowest BCUT2D eigenvalue weighted by Crippen LogP contribution is -2.59. The summed E-state index contributed by atoms with van der Waals surface area (Å²) in [5, 5.41) is 0. The molecular weight excluding hydrogens is 271 g/mol. The Morgan fingerprint density at radius 2 is 2.10 bits per heavy atom. The average Bonchev–Trinajstić information content (AvgIpc) is 2.95. The molecule has 0 unspecified atom stereocenters. The number of benzene rings is 1. The van der Waals surface area contributed by atoms with E-state index in [1.165, 1.54) is 12.1 Å². The van der Waals surface area contributed by atoms with Crippen molar-refractivity contribution in [3.8, 4) is 5.75 Å². The lowest BCUT2D eigenvalue weighted by molar-refractivity contribution is -0.143.